The Morgan fingerprint density at radius 2 is 1.83 bits per heavy atom. The highest BCUT2D eigenvalue weighted by Gasteiger charge is 2.00. The van der Waals surface area contributed by atoms with Crippen molar-refractivity contribution in [1.29, 1.82) is 0 Å². The zero-order chi connectivity index (χ0) is 13.2. The fourth-order valence-electron chi connectivity index (χ4n) is 1.75. The van der Waals surface area contributed by atoms with E-state index in [2.05, 4.69) is 48.7 Å². The first-order chi connectivity index (χ1) is 8.76. The fourth-order valence-corrected chi connectivity index (χ4v) is 1.75. The highest BCUT2D eigenvalue weighted by molar-refractivity contribution is 5.22. The van der Waals surface area contributed by atoms with E-state index in [9.17, 15) is 0 Å². The van der Waals surface area contributed by atoms with Gasteiger partial charge in [0.05, 0.1) is 6.61 Å². The maximum Gasteiger partial charge on any atom is 0.0587 e. The molecule has 3 heteroatoms. The van der Waals surface area contributed by atoms with E-state index in [0.717, 1.165) is 32.7 Å². The molecule has 0 amide bonds. The third-order valence-corrected chi connectivity index (χ3v) is 3.02. The van der Waals surface area contributed by atoms with Gasteiger partial charge in [0.1, 0.15) is 0 Å². The second-order valence-corrected chi connectivity index (χ2v) is 4.65. The van der Waals surface area contributed by atoms with Crippen LogP contribution in [0.1, 0.15) is 25.0 Å². The van der Waals surface area contributed by atoms with E-state index in [-0.39, 0.29) is 0 Å². The lowest BCUT2D eigenvalue weighted by Crippen LogP contribution is -2.37. The lowest BCUT2D eigenvalue weighted by Gasteiger charge is -2.14. The number of aryl methyl sites for hydroxylation is 1. The molecule has 0 aliphatic carbocycles. The van der Waals surface area contributed by atoms with Gasteiger partial charge in [0.2, 0.25) is 0 Å². The Kier molecular flexibility index (Phi) is 7.65. The third kappa shape index (κ3) is 6.15. The molecule has 0 heterocycles. The molecule has 1 rings (SSSR count). The van der Waals surface area contributed by atoms with Crippen LogP contribution in [0.15, 0.2) is 24.3 Å². The van der Waals surface area contributed by atoms with E-state index in [1.807, 2.05) is 0 Å². The van der Waals surface area contributed by atoms with Crippen molar-refractivity contribution in [2.24, 2.45) is 0 Å². The molecule has 0 aliphatic heterocycles. The molecule has 0 radical (unpaired) electrons. The van der Waals surface area contributed by atoms with Crippen molar-refractivity contribution in [3.05, 3.63) is 35.4 Å². The van der Waals surface area contributed by atoms with Crippen molar-refractivity contribution in [3.63, 3.8) is 0 Å². The monoisotopic (exact) mass is 250 g/mol. The average Bonchev–Trinajstić information content (AvgIpc) is 2.42. The Balaban J connectivity index is 2.18. The van der Waals surface area contributed by atoms with Crippen molar-refractivity contribution in [2.75, 3.05) is 26.8 Å². The summed E-state index contributed by atoms with van der Waals surface area (Å²) in [6.45, 7) is 7.95. The molecule has 102 valence electrons. The minimum atomic E-state index is 0.465. The molecule has 1 aromatic carbocycles. The van der Waals surface area contributed by atoms with Crippen LogP contribution in [0.5, 0.6) is 0 Å². The molecule has 0 aliphatic rings. The first-order valence-corrected chi connectivity index (χ1v) is 6.77. The molecule has 0 saturated carbocycles. The normalized spacial score (nSPS) is 12.6. The minimum absolute atomic E-state index is 0.465. The number of ether oxygens (including phenoxy) is 1. The highest BCUT2D eigenvalue weighted by atomic mass is 16.5. The van der Waals surface area contributed by atoms with Crippen molar-refractivity contribution < 1.29 is 4.74 Å². The van der Waals surface area contributed by atoms with Gasteiger partial charge in [-0.05, 0) is 24.5 Å². The molecule has 0 aromatic heterocycles. The van der Waals surface area contributed by atoms with Gasteiger partial charge in [-0.1, -0.05) is 31.2 Å². The van der Waals surface area contributed by atoms with E-state index in [0.29, 0.717) is 6.04 Å². The van der Waals surface area contributed by atoms with Gasteiger partial charge in [0, 0.05) is 32.8 Å². The van der Waals surface area contributed by atoms with Crippen LogP contribution in [0.3, 0.4) is 0 Å². The molecule has 0 saturated heterocycles. The van der Waals surface area contributed by atoms with Gasteiger partial charge in [0.25, 0.3) is 0 Å². The smallest absolute Gasteiger partial charge is 0.0587 e. The fraction of sp³-hybridized carbons (Fsp3) is 0.600. The zero-order valence-corrected chi connectivity index (χ0v) is 11.8. The third-order valence-electron chi connectivity index (χ3n) is 3.02. The summed E-state index contributed by atoms with van der Waals surface area (Å²) in [6, 6.07) is 9.29. The molecular weight excluding hydrogens is 224 g/mol. The molecular formula is C15H26N2O. The molecule has 1 aromatic rings. The highest BCUT2D eigenvalue weighted by Crippen LogP contribution is 2.04. The second kappa shape index (κ2) is 9.09. The van der Waals surface area contributed by atoms with Gasteiger partial charge in [-0.2, -0.15) is 0 Å². The molecule has 18 heavy (non-hydrogen) atoms. The van der Waals surface area contributed by atoms with Gasteiger partial charge >= 0.3 is 0 Å². The Labute approximate surface area is 111 Å². The topological polar surface area (TPSA) is 33.3 Å². The summed E-state index contributed by atoms with van der Waals surface area (Å²) >= 11 is 0. The predicted octanol–water partition coefficient (Wildman–Crippen LogP) is 1.96. The van der Waals surface area contributed by atoms with Crippen LogP contribution in [-0.2, 0) is 17.7 Å². The Bertz CT molecular complexity index is 311. The largest absolute Gasteiger partial charge is 0.383 e. The second-order valence-electron chi connectivity index (χ2n) is 4.65. The van der Waals surface area contributed by atoms with E-state index >= 15 is 0 Å². The van der Waals surface area contributed by atoms with Crippen LogP contribution < -0.4 is 10.6 Å². The Morgan fingerprint density at radius 1 is 1.17 bits per heavy atom. The number of rotatable bonds is 9. The quantitative estimate of drug-likeness (QED) is 0.657. The summed E-state index contributed by atoms with van der Waals surface area (Å²) in [6.07, 6.45) is 1.10. The van der Waals surface area contributed by atoms with E-state index in [1.165, 1.54) is 11.1 Å². The Morgan fingerprint density at radius 3 is 2.44 bits per heavy atom. The number of hydrogen-bond acceptors (Lipinski definition) is 3. The maximum absolute atomic E-state index is 4.99. The molecule has 3 nitrogen and oxygen atoms in total. The molecule has 2 N–H and O–H groups in total. The molecule has 0 bridgehead atoms. The van der Waals surface area contributed by atoms with E-state index in [1.54, 1.807) is 7.11 Å². The SMILES string of the molecule is CCc1ccc(CNC(C)CNCCOC)cc1. The average molecular weight is 250 g/mol. The first-order valence-electron chi connectivity index (χ1n) is 6.77. The van der Waals surface area contributed by atoms with Crippen molar-refractivity contribution in [2.45, 2.75) is 32.9 Å². The van der Waals surface area contributed by atoms with Crippen LogP contribution >= 0.6 is 0 Å². The van der Waals surface area contributed by atoms with Gasteiger partial charge in [-0.25, -0.2) is 0 Å². The molecule has 0 spiro atoms. The van der Waals surface area contributed by atoms with Gasteiger partial charge in [-0.15, -0.1) is 0 Å². The molecule has 1 unspecified atom stereocenters. The predicted molar refractivity (Wildman–Crippen MR) is 76.9 cm³/mol. The van der Waals surface area contributed by atoms with Gasteiger partial charge < -0.3 is 15.4 Å². The van der Waals surface area contributed by atoms with Gasteiger partial charge in [0.15, 0.2) is 0 Å². The summed E-state index contributed by atoms with van der Waals surface area (Å²) in [4.78, 5) is 0. The van der Waals surface area contributed by atoms with Crippen LogP contribution in [0.4, 0.5) is 0 Å². The van der Waals surface area contributed by atoms with E-state index in [4.69, 9.17) is 4.74 Å². The first kappa shape index (κ1) is 15.2. The van der Waals surface area contributed by atoms with Crippen molar-refractivity contribution >= 4 is 0 Å². The number of hydrogen-bond donors (Lipinski definition) is 2. The molecule has 1 atom stereocenters. The van der Waals surface area contributed by atoms with E-state index < -0.39 is 0 Å². The summed E-state index contributed by atoms with van der Waals surface area (Å²) < 4.78 is 4.99. The number of benzene rings is 1. The lowest BCUT2D eigenvalue weighted by atomic mass is 10.1. The Hall–Kier alpha value is -0.900. The van der Waals surface area contributed by atoms with Crippen LogP contribution in [-0.4, -0.2) is 32.8 Å². The number of nitrogens with one attached hydrogen (secondary N) is 2. The summed E-state index contributed by atoms with van der Waals surface area (Å²) in [5, 5.41) is 6.86. The van der Waals surface area contributed by atoms with Crippen LogP contribution in [0, 0.1) is 0 Å². The lowest BCUT2D eigenvalue weighted by molar-refractivity contribution is 0.198. The maximum atomic E-state index is 4.99. The minimum Gasteiger partial charge on any atom is -0.383 e. The van der Waals surface area contributed by atoms with Crippen molar-refractivity contribution in [3.8, 4) is 0 Å². The van der Waals surface area contributed by atoms with Gasteiger partial charge in [-0.3, -0.25) is 0 Å². The van der Waals surface area contributed by atoms with Crippen LogP contribution in [0.25, 0.3) is 0 Å². The molecule has 0 fully saturated rings. The summed E-state index contributed by atoms with van der Waals surface area (Å²) in [5.74, 6) is 0. The standard InChI is InChI=1S/C15H26N2O/c1-4-14-5-7-15(8-6-14)12-17-13(2)11-16-9-10-18-3/h5-8,13,16-17H,4,9-12H2,1-3H3. The summed E-state index contributed by atoms with van der Waals surface area (Å²) in [7, 11) is 1.73. The number of methoxy groups -OCH3 is 1. The van der Waals surface area contributed by atoms with Crippen LogP contribution in [0.2, 0.25) is 0 Å². The zero-order valence-electron chi connectivity index (χ0n) is 11.8. The summed E-state index contributed by atoms with van der Waals surface area (Å²) in [5.41, 5.74) is 2.74. The van der Waals surface area contributed by atoms with Crippen molar-refractivity contribution in [1.82, 2.24) is 10.6 Å².